The van der Waals surface area contributed by atoms with E-state index in [1.54, 1.807) is 17.0 Å². The number of nitrogens with zero attached hydrogens (tertiary/aromatic N) is 2. The molecule has 1 aromatic carbocycles. The van der Waals surface area contributed by atoms with Crippen molar-refractivity contribution in [2.75, 3.05) is 18.4 Å². The van der Waals surface area contributed by atoms with Crippen molar-refractivity contribution < 1.29 is 22.8 Å². The normalized spacial score (nSPS) is 15.2. The first-order chi connectivity index (χ1) is 13.3. The van der Waals surface area contributed by atoms with Crippen LogP contribution in [-0.2, 0) is 6.18 Å². The van der Waals surface area contributed by atoms with E-state index in [4.69, 9.17) is 0 Å². The third kappa shape index (κ3) is 4.99. The number of hydrogen-bond acceptors (Lipinski definition) is 3. The molecule has 1 fully saturated rings. The van der Waals surface area contributed by atoms with E-state index in [-0.39, 0.29) is 17.8 Å². The van der Waals surface area contributed by atoms with Crippen LogP contribution in [0.4, 0.5) is 23.7 Å². The molecule has 6 nitrogen and oxygen atoms in total. The third-order valence-corrected chi connectivity index (χ3v) is 4.46. The van der Waals surface area contributed by atoms with Crippen molar-refractivity contribution >= 4 is 17.6 Å². The number of amides is 3. The van der Waals surface area contributed by atoms with E-state index in [0.717, 1.165) is 18.3 Å². The van der Waals surface area contributed by atoms with Gasteiger partial charge in [0.05, 0.1) is 5.56 Å². The summed E-state index contributed by atoms with van der Waals surface area (Å²) in [4.78, 5) is 29.8. The number of halogens is 3. The second-order valence-electron chi connectivity index (χ2n) is 6.46. The molecule has 148 valence electrons. The predicted octanol–water partition coefficient (Wildman–Crippen LogP) is 3.53. The summed E-state index contributed by atoms with van der Waals surface area (Å²) in [7, 11) is 0. The summed E-state index contributed by atoms with van der Waals surface area (Å²) in [6.45, 7) is 0.860. The Morgan fingerprint density at radius 3 is 2.39 bits per heavy atom. The number of para-hydroxylation sites is 1. The number of aromatic nitrogens is 1. The lowest BCUT2D eigenvalue weighted by Gasteiger charge is -2.32. The maximum atomic E-state index is 12.8. The summed E-state index contributed by atoms with van der Waals surface area (Å²) in [6.07, 6.45) is -2.55. The molecule has 0 spiro atoms. The zero-order valence-electron chi connectivity index (χ0n) is 14.9. The van der Waals surface area contributed by atoms with Gasteiger partial charge in [-0.25, -0.2) is 4.79 Å². The van der Waals surface area contributed by atoms with Crippen LogP contribution in [0.1, 0.15) is 28.9 Å². The summed E-state index contributed by atoms with van der Waals surface area (Å²) in [6, 6.07) is 10.2. The molecule has 0 atom stereocenters. The number of piperidine rings is 1. The second-order valence-corrected chi connectivity index (χ2v) is 6.46. The zero-order chi connectivity index (χ0) is 20.1. The monoisotopic (exact) mass is 392 g/mol. The number of carbonyl (C=O) groups is 2. The number of benzene rings is 1. The van der Waals surface area contributed by atoms with E-state index in [0.29, 0.717) is 31.6 Å². The Morgan fingerprint density at radius 1 is 1.07 bits per heavy atom. The van der Waals surface area contributed by atoms with Gasteiger partial charge in [0.15, 0.2) is 0 Å². The van der Waals surface area contributed by atoms with Gasteiger partial charge in [-0.05, 0) is 37.1 Å². The van der Waals surface area contributed by atoms with Crippen molar-refractivity contribution in [2.45, 2.75) is 25.1 Å². The average Bonchev–Trinajstić information content (AvgIpc) is 2.69. The van der Waals surface area contributed by atoms with Gasteiger partial charge in [-0.3, -0.25) is 9.78 Å². The van der Waals surface area contributed by atoms with Crippen molar-refractivity contribution in [1.29, 1.82) is 0 Å². The van der Waals surface area contributed by atoms with Crippen LogP contribution < -0.4 is 10.6 Å². The predicted molar refractivity (Wildman–Crippen MR) is 96.8 cm³/mol. The molecule has 1 aromatic heterocycles. The van der Waals surface area contributed by atoms with E-state index in [1.165, 1.54) is 0 Å². The van der Waals surface area contributed by atoms with E-state index < -0.39 is 17.6 Å². The highest BCUT2D eigenvalue weighted by Crippen LogP contribution is 2.29. The largest absolute Gasteiger partial charge is 0.416 e. The molecule has 2 heterocycles. The maximum Gasteiger partial charge on any atom is 0.416 e. The molecular formula is C19H19F3N4O2. The van der Waals surface area contributed by atoms with Gasteiger partial charge in [-0.1, -0.05) is 18.2 Å². The fourth-order valence-corrected chi connectivity index (χ4v) is 2.94. The molecule has 1 saturated heterocycles. The molecule has 3 amide bonds. The van der Waals surface area contributed by atoms with Gasteiger partial charge >= 0.3 is 12.2 Å². The molecular weight excluding hydrogens is 373 g/mol. The van der Waals surface area contributed by atoms with Crippen LogP contribution in [0.15, 0.2) is 48.7 Å². The summed E-state index contributed by atoms with van der Waals surface area (Å²) in [5.74, 6) is -0.654. The molecule has 0 saturated carbocycles. The molecule has 1 aliphatic rings. The topological polar surface area (TPSA) is 74.3 Å². The van der Waals surface area contributed by atoms with E-state index in [2.05, 4.69) is 15.6 Å². The maximum absolute atomic E-state index is 12.8. The van der Waals surface area contributed by atoms with Crippen LogP contribution in [0.5, 0.6) is 0 Å². The molecule has 2 aromatic rings. The molecule has 3 rings (SSSR count). The van der Waals surface area contributed by atoms with Crippen molar-refractivity contribution in [1.82, 2.24) is 15.2 Å². The smallest absolute Gasteiger partial charge is 0.348 e. The highest BCUT2D eigenvalue weighted by Gasteiger charge is 2.31. The first kappa shape index (κ1) is 19.7. The van der Waals surface area contributed by atoms with Crippen molar-refractivity contribution in [2.24, 2.45) is 0 Å². The summed E-state index contributed by atoms with van der Waals surface area (Å²) >= 11 is 0. The van der Waals surface area contributed by atoms with Gasteiger partial charge in [0.25, 0.3) is 5.91 Å². The molecule has 1 aliphatic heterocycles. The van der Waals surface area contributed by atoms with Crippen LogP contribution in [0.25, 0.3) is 0 Å². The number of nitrogens with one attached hydrogen (secondary N) is 2. The number of pyridine rings is 1. The SMILES string of the molecule is O=C(NC1CCN(C(=O)Nc2ccccc2)CC1)c1cc(C(F)(F)F)ccn1. The lowest BCUT2D eigenvalue weighted by molar-refractivity contribution is -0.137. The number of urea groups is 1. The zero-order valence-corrected chi connectivity index (χ0v) is 14.9. The van der Waals surface area contributed by atoms with Crippen LogP contribution in [-0.4, -0.2) is 41.0 Å². The highest BCUT2D eigenvalue weighted by molar-refractivity contribution is 5.92. The van der Waals surface area contributed by atoms with Crippen molar-refractivity contribution in [3.8, 4) is 0 Å². The fraction of sp³-hybridized carbons (Fsp3) is 0.316. The van der Waals surface area contributed by atoms with Gasteiger partial charge in [-0.2, -0.15) is 13.2 Å². The summed E-state index contributed by atoms with van der Waals surface area (Å²) < 4.78 is 38.3. The van der Waals surface area contributed by atoms with Gasteiger partial charge < -0.3 is 15.5 Å². The van der Waals surface area contributed by atoms with E-state index in [1.807, 2.05) is 18.2 Å². The number of anilines is 1. The Bertz CT molecular complexity index is 835. The molecule has 28 heavy (non-hydrogen) atoms. The Kier molecular flexibility index (Phi) is 5.81. The number of rotatable bonds is 3. The first-order valence-electron chi connectivity index (χ1n) is 8.78. The minimum atomic E-state index is -4.53. The lowest BCUT2D eigenvalue weighted by Crippen LogP contribution is -2.47. The van der Waals surface area contributed by atoms with Crippen LogP contribution in [0, 0.1) is 0 Å². The summed E-state index contributed by atoms with van der Waals surface area (Å²) in [5.41, 5.74) is -0.502. The van der Waals surface area contributed by atoms with Crippen molar-refractivity contribution in [3.63, 3.8) is 0 Å². The number of hydrogen-bond donors (Lipinski definition) is 2. The molecule has 0 radical (unpaired) electrons. The molecule has 2 N–H and O–H groups in total. The number of alkyl halides is 3. The Morgan fingerprint density at radius 2 is 1.75 bits per heavy atom. The molecule has 0 aliphatic carbocycles. The standard InChI is InChI=1S/C19H19F3N4O2/c20-19(21,22)13-6-9-23-16(12-13)17(27)24-15-7-10-26(11-8-15)18(28)25-14-4-2-1-3-5-14/h1-6,9,12,15H,7-8,10-11H2,(H,24,27)(H,25,28). The molecule has 9 heteroatoms. The van der Waals surface area contributed by atoms with Crippen molar-refractivity contribution in [3.05, 3.63) is 59.9 Å². The molecule has 0 bridgehead atoms. The Labute approximate surface area is 159 Å². The third-order valence-electron chi connectivity index (χ3n) is 4.46. The second kappa shape index (κ2) is 8.28. The first-order valence-corrected chi connectivity index (χ1v) is 8.78. The van der Waals surface area contributed by atoms with Gasteiger partial charge in [0.2, 0.25) is 0 Å². The minimum absolute atomic E-state index is 0.226. The Balaban J connectivity index is 1.51. The average molecular weight is 392 g/mol. The van der Waals surface area contributed by atoms with Crippen LogP contribution >= 0.6 is 0 Å². The fourth-order valence-electron chi connectivity index (χ4n) is 2.94. The van der Waals surface area contributed by atoms with Crippen LogP contribution in [0.2, 0.25) is 0 Å². The van der Waals surface area contributed by atoms with Crippen LogP contribution in [0.3, 0.4) is 0 Å². The van der Waals surface area contributed by atoms with Gasteiger partial charge in [0, 0.05) is 31.0 Å². The minimum Gasteiger partial charge on any atom is -0.348 e. The highest BCUT2D eigenvalue weighted by atomic mass is 19.4. The number of likely N-dealkylation sites (tertiary alicyclic amines) is 1. The summed E-state index contributed by atoms with van der Waals surface area (Å²) in [5, 5.41) is 5.49. The number of carbonyl (C=O) groups excluding carboxylic acids is 2. The lowest BCUT2D eigenvalue weighted by atomic mass is 10.0. The Hall–Kier alpha value is -3.10. The van der Waals surface area contributed by atoms with Gasteiger partial charge in [0.1, 0.15) is 5.69 Å². The quantitative estimate of drug-likeness (QED) is 0.839. The van der Waals surface area contributed by atoms with E-state index in [9.17, 15) is 22.8 Å². The van der Waals surface area contributed by atoms with E-state index >= 15 is 0 Å². The van der Waals surface area contributed by atoms with Gasteiger partial charge in [-0.15, -0.1) is 0 Å². The molecule has 0 unspecified atom stereocenters.